The van der Waals surface area contributed by atoms with Gasteiger partial charge in [-0.1, -0.05) is 24.3 Å². The molecule has 0 radical (unpaired) electrons. The van der Waals surface area contributed by atoms with Gasteiger partial charge < -0.3 is 14.6 Å². The molecule has 2 fully saturated rings. The molecule has 0 saturated carbocycles. The van der Waals surface area contributed by atoms with E-state index in [-0.39, 0.29) is 24.0 Å². The average molecular weight is 400 g/mol. The number of hydrogen-bond donors (Lipinski definition) is 1. The molecule has 2 bridgehead atoms. The van der Waals surface area contributed by atoms with Crippen molar-refractivity contribution in [1.82, 2.24) is 4.90 Å². The topological polar surface area (TPSA) is 41.9 Å². The van der Waals surface area contributed by atoms with Crippen LogP contribution in [0.2, 0.25) is 0 Å². The summed E-state index contributed by atoms with van der Waals surface area (Å²) in [5, 5.41) is 11.3. The highest BCUT2D eigenvalue weighted by molar-refractivity contribution is 5.43. The Hall–Kier alpha value is -2.11. The maximum Gasteiger partial charge on any atom is 0.161 e. The predicted molar refractivity (Wildman–Crippen MR) is 111 cm³/mol. The van der Waals surface area contributed by atoms with Crippen LogP contribution in [0.25, 0.3) is 0 Å². The number of benzene rings is 2. The predicted octanol–water partition coefficient (Wildman–Crippen LogP) is 4.64. The first-order valence-electron chi connectivity index (χ1n) is 10.5. The van der Waals surface area contributed by atoms with Crippen molar-refractivity contribution in [2.24, 2.45) is 0 Å². The van der Waals surface area contributed by atoms with Gasteiger partial charge in [-0.3, -0.25) is 4.90 Å². The lowest BCUT2D eigenvalue weighted by molar-refractivity contribution is -0.0615. The van der Waals surface area contributed by atoms with Crippen molar-refractivity contribution in [3.63, 3.8) is 0 Å². The molecule has 4 nitrogen and oxygen atoms in total. The zero-order valence-corrected chi connectivity index (χ0v) is 17.4. The average Bonchev–Trinajstić information content (AvgIpc) is 2.92. The number of rotatable bonds is 6. The minimum atomic E-state index is -1.08. The van der Waals surface area contributed by atoms with Crippen LogP contribution in [-0.4, -0.2) is 35.3 Å². The maximum absolute atomic E-state index is 14.4. The van der Waals surface area contributed by atoms with E-state index in [1.165, 1.54) is 6.07 Å². The minimum Gasteiger partial charge on any atom is -0.493 e. The summed E-state index contributed by atoms with van der Waals surface area (Å²) >= 11 is 0. The van der Waals surface area contributed by atoms with Gasteiger partial charge in [0.15, 0.2) is 11.5 Å². The maximum atomic E-state index is 14.4. The molecule has 1 N–H and O–H groups in total. The molecule has 2 aromatic rings. The fraction of sp³-hybridized carbons (Fsp3) is 0.500. The number of aliphatic hydroxyl groups is 1. The first kappa shape index (κ1) is 20.2. The monoisotopic (exact) mass is 399 g/mol. The zero-order valence-electron chi connectivity index (χ0n) is 17.4. The van der Waals surface area contributed by atoms with Gasteiger partial charge >= 0.3 is 0 Å². The Morgan fingerprint density at radius 3 is 2.41 bits per heavy atom. The lowest BCUT2D eigenvalue weighted by Crippen LogP contribution is -2.49. The largest absolute Gasteiger partial charge is 0.493 e. The molecule has 0 amide bonds. The van der Waals surface area contributed by atoms with Crippen molar-refractivity contribution in [3.8, 4) is 11.5 Å². The molecule has 0 unspecified atom stereocenters. The fourth-order valence-corrected chi connectivity index (χ4v) is 5.01. The normalized spacial score (nSPS) is 26.7. The van der Waals surface area contributed by atoms with Crippen molar-refractivity contribution < 1.29 is 19.0 Å². The van der Waals surface area contributed by atoms with E-state index in [1.54, 1.807) is 25.3 Å². The van der Waals surface area contributed by atoms with Crippen LogP contribution in [0.4, 0.5) is 4.39 Å². The van der Waals surface area contributed by atoms with Crippen LogP contribution in [0, 0.1) is 5.82 Å². The van der Waals surface area contributed by atoms with Gasteiger partial charge in [0, 0.05) is 24.2 Å². The van der Waals surface area contributed by atoms with E-state index in [1.807, 2.05) is 19.9 Å². The molecule has 156 valence electrons. The van der Waals surface area contributed by atoms with E-state index in [9.17, 15) is 9.50 Å². The molecular formula is C24H30FNO3. The SMILES string of the molecule is COc1ccc(CN2[C@@H]3CC[C@@H]2CC(O)(c2ccccc2F)C3)cc1OC(C)C. The van der Waals surface area contributed by atoms with Gasteiger partial charge in [0.2, 0.25) is 0 Å². The third-order valence-corrected chi connectivity index (χ3v) is 6.25. The molecule has 5 heteroatoms. The van der Waals surface area contributed by atoms with Crippen molar-refractivity contribution in [2.75, 3.05) is 7.11 Å². The molecule has 2 aliphatic heterocycles. The minimum absolute atomic E-state index is 0.0705. The third-order valence-electron chi connectivity index (χ3n) is 6.25. The molecule has 0 aromatic heterocycles. The summed E-state index contributed by atoms with van der Waals surface area (Å²) < 4.78 is 25.7. The van der Waals surface area contributed by atoms with Gasteiger partial charge in [0.1, 0.15) is 5.82 Å². The molecule has 0 aliphatic carbocycles. The Balaban J connectivity index is 1.53. The standard InChI is InChI=1S/C24H30FNO3/c1-16(2)29-23-12-17(8-11-22(23)28-3)15-26-18-9-10-19(26)14-24(27,13-18)20-6-4-5-7-21(20)25/h4-8,11-12,16,18-19,27H,9-10,13-15H2,1-3H3/t18-,19-/m1/s1. The molecule has 29 heavy (non-hydrogen) atoms. The van der Waals surface area contributed by atoms with Crippen LogP contribution >= 0.6 is 0 Å². The molecular weight excluding hydrogens is 369 g/mol. The van der Waals surface area contributed by atoms with Gasteiger partial charge in [-0.2, -0.15) is 0 Å². The van der Waals surface area contributed by atoms with E-state index in [0.29, 0.717) is 18.4 Å². The Morgan fingerprint density at radius 1 is 1.10 bits per heavy atom. The number of piperidine rings is 1. The summed E-state index contributed by atoms with van der Waals surface area (Å²) in [4.78, 5) is 2.47. The number of hydrogen-bond acceptors (Lipinski definition) is 4. The van der Waals surface area contributed by atoms with Crippen LogP contribution in [0.15, 0.2) is 42.5 Å². The van der Waals surface area contributed by atoms with Gasteiger partial charge in [0.25, 0.3) is 0 Å². The molecule has 2 atom stereocenters. The van der Waals surface area contributed by atoms with E-state index in [0.717, 1.165) is 36.4 Å². The van der Waals surface area contributed by atoms with E-state index >= 15 is 0 Å². The fourth-order valence-electron chi connectivity index (χ4n) is 5.01. The first-order chi connectivity index (χ1) is 13.9. The summed E-state index contributed by atoms with van der Waals surface area (Å²) in [5.41, 5.74) is 0.516. The van der Waals surface area contributed by atoms with E-state index in [4.69, 9.17) is 9.47 Å². The van der Waals surface area contributed by atoms with Crippen molar-refractivity contribution >= 4 is 0 Å². The Bertz CT molecular complexity index is 855. The second-order valence-corrected chi connectivity index (χ2v) is 8.63. The quantitative estimate of drug-likeness (QED) is 0.769. The summed E-state index contributed by atoms with van der Waals surface area (Å²) in [6.45, 7) is 4.79. The highest BCUT2D eigenvalue weighted by atomic mass is 19.1. The summed E-state index contributed by atoms with van der Waals surface area (Å²) in [6.07, 6.45) is 3.27. The van der Waals surface area contributed by atoms with Crippen LogP contribution in [0.5, 0.6) is 11.5 Å². The zero-order chi connectivity index (χ0) is 20.6. The Labute approximate surface area is 172 Å². The second-order valence-electron chi connectivity index (χ2n) is 8.63. The number of fused-ring (bicyclic) bond motifs is 2. The molecule has 2 saturated heterocycles. The molecule has 4 rings (SSSR count). The summed E-state index contributed by atoms with van der Waals surface area (Å²) in [6, 6.07) is 13.2. The Morgan fingerprint density at radius 2 is 1.79 bits per heavy atom. The van der Waals surface area contributed by atoms with Gasteiger partial charge in [-0.15, -0.1) is 0 Å². The lowest BCUT2D eigenvalue weighted by Gasteiger charge is -2.44. The number of methoxy groups -OCH3 is 1. The molecule has 2 aliphatic rings. The van der Waals surface area contributed by atoms with Gasteiger partial charge in [-0.25, -0.2) is 4.39 Å². The van der Waals surface area contributed by atoms with Gasteiger partial charge in [0.05, 0.1) is 18.8 Å². The van der Waals surface area contributed by atoms with Gasteiger partial charge in [-0.05, 0) is 63.3 Å². The smallest absolute Gasteiger partial charge is 0.161 e. The van der Waals surface area contributed by atoms with Crippen LogP contribution in [-0.2, 0) is 12.1 Å². The summed E-state index contributed by atoms with van der Waals surface area (Å²) in [5.74, 6) is 1.18. The second kappa shape index (κ2) is 7.96. The molecule has 0 spiro atoms. The highest BCUT2D eigenvalue weighted by Crippen LogP contribution is 2.47. The highest BCUT2D eigenvalue weighted by Gasteiger charge is 2.48. The first-order valence-corrected chi connectivity index (χ1v) is 10.5. The van der Waals surface area contributed by atoms with E-state index in [2.05, 4.69) is 17.0 Å². The number of nitrogens with zero attached hydrogens (tertiary/aromatic N) is 1. The van der Waals surface area contributed by atoms with Crippen molar-refractivity contribution in [3.05, 3.63) is 59.4 Å². The van der Waals surface area contributed by atoms with Crippen LogP contribution in [0.1, 0.15) is 50.7 Å². The summed E-state index contributed by atoms with van der Waals surface area (Å²) in [7, 11) is 1.65. The van der Waals surface area contributed by atoms with Crippen molar-refractivity contribution in [2.45, 2.75) is 69.9 Å². The molecule has 2 aromatic carbocycles. The number of halogens is 1. The van der Waals surface area contributed by atoms with Crippen molar-refractivity contribution in [1.29, 1.82) is 0 Å². The Kier molecular flexibility index (Phi) is 5.54. The molecule has 2 heterocycles. The van der Waals surface area contributed by atoms with Crippen LogP contribution < -0.4 is 9.47 Å². The lowest BCUT2D eigenvalue weighted by atomic mass is 9.80. The number of ether oxygens (including phenoxy) is 2. The van der Waals surface area contributed by atoms with E-state index < -0.39 is 5.60 Å². The third kappa shape index (κ3) is 3.99. The van der Waals surface area contributed by atoms with Crippen LogP contribution in [0.3, 0.4) is 0 Å².